The van der Waals surface area contributed by atoms with Crippen LogP contribution in [0, 0.1) is 5.92 Å². The van der Waals surface area contributed by atoms with E-state index in [0.717, 1.165) is 38.4 Å². The van der Waals surface area contributed by atoms with Crippen LogP contribution in [0.15, 0.2) is 53.4 Å². The Balaban J connectivity index is 1.29. The number of benzene rings is 2. The van der Waals surface area contributed by atoms with E-state index in [9.17, 15) is 13.2 Å². The summed E-state index contributed by atoms with van der Waals surface area (Å²) in [4.78, 5) is 15.4. The van der Waals surface area contributed by atoms with Crippen LogP contribution >= 0.6 is 11.6 Å². The van der Waals surface area contributed by atoms with Gasteiger partial charge in [-0.2, -0.15) is 4.31 Å². The summed E-state index contributed by atoms with van der Waals surface area (Å²) in [6.07, 6.45) is 1.33. The Kier molecular flexibility index (Phi) is 8.03. The van der Waals surface area contributed by atoms with Crippen LogP contribution in [0.1, 0.15) is 24.0 Å². The maximum Gasteiger partial charge on any atom is 0.243 e. The summed E-state index contributed by atoms with van der Waals surface area (Å²) in [5.74, 6) is -0.468. The van der Waals surface area contributed by atoms with Crippen LogP contribution < -0.4 is 5.32 Å². The lowest BCUT2D eigenvalue weighted by molar-refractivity contribution is -0.126. The van der Waals surface area contributed by atoms with E-state index in [2.05, 4.69) is 22.3 Å². The van der Waals surface area contributed by atoms with Crippen LogP contribution in [-0.4, -0.2) is 62.9 Å². The predicted molar refractivity (Wildman–Crippen MR) is 127 cm³/mol. The average Bonchev–Trinajstić information content (AvgIpc) is 2.84. The summed E-state index contributed by atoms with van der Waals surface area (Å²) in [5.41, 5.74) is 2.26. The number of ether oxygens (including phenoxy) is 1. The molecule has 0 aromatic heterocycles. The first-order valence-electron chi connectivity index (χ1n) is 11.3. The van der Waals surface area contributed by atoms with Crippen molar-refractivity contribution in [2.24, 2.45) is 5.92 Å². The summed E-state index contributed by atoms with van der Waals surface area (Å²) in [7, 11) is -3.65. The largest absolute Gasteiger partial charge is 0.379 e. The van der Waals surface area contributed by atoms with Crippen molar-refractivity contribution in [1.82, 2.24) is 14.5 Å². The molecule has 0 aliphatic carbocycles. The highest BCUT2D eigenvalue weighted by Crippen LogP contribution is 2.25. The molecule has 2 fully saturated rings. The topological polar surface area (TPSA) is 79.0 Å². The third kappa shape index (κ3) is 6.33. The van der Waals surface area contributed by atoms with Gasteiger partial charge in [0.25, 0.3) is 0 Å². The molecule has 7 nitrogen and oxygen atoms in total. The molecule has 0 bridgehead atoms. The van der Waals surface area contributed by atoms with Crippen molar-refractivity contribution >= 4 is 27.5 Å². The minimum atomic E-state index is -3.65. The Labute approximate surface area is 200 Å². The minimum Gasteiger partial charge on any atom is -0.379 e. The molecule has 9 heteroatoms. The van der Waals surface area contributed by atoms with Crippen LogP contribution in [0.5, 0.6) is 0 Å². The number of hydrogen-bond donors (Lipinski definition) is 1. The van der Waals surface area contributed by atoms with Crippen LogP contribution in [-0.2, 0) is 32.6 Å². The van der Waals surface area contributed by atoms with Gasteiger partial charge >= 0.3 is 0 Å². The fourth-order valence-corrected chi connectivity index (χ4v) is 5.89. The van der Waals surface area contributed by atoms with E-state index in [4.69, 9.17) is 16.3 Å². The van der Waals surface area contributed by atoms with Gasteiger partial charge in [-0.05, 0) is 48.2 Å². The van der Waals surface area contributed by atoms with Gasteiger partial charge in [0.1, 0.15) is 0 Å². The first kappa shape index (κ1) is 24.2. The minimum absolute atomic E-state index is 0.108. The van der Waals surface area contributed by atoms with Gasteiger partial charge in [-0.1, -0.05) is 35.9 Å². The van der Waals surface area contributed by atoms with Crippen LogP contribution in [0.2, 0.25) is 5.02 Å². The molecule has 2 aromatic carbocycles. The highest BCUT2D eigenvalue weighted by molar-refractivity contribution is 7.89. The van der Waals surface area contributed by atoms with Gasteiger partial charge < -0.3 is 10.1 Å². The number of halogens is 1. The fourth-order valence-electron chi connectivity index (χ4n) is 4.24. The molecule has 0 saturated carbocycles. The molecule has 2 saturated heterocycles. The summed E-state index contributed by atoms with van der Waals surface area (Å²) in [5, 5.41) is 3.47. The van der Waals surface area contributed by atoms with Crippen LogP contribution in [0.25, 0.3) is 0 Å². The zero-order valence-electron chi connectivity index (χ0n) is 18.6. The van der Waals surface area contributed by atoms with Gasteiger partial charge in [-0.25, -0.2) is 8.42 Å². The molecule has 33 heavy (non-hydrogen) atoms. The molecule has 4 rings (SSSR count). The highest BCUT2D eigenvalue weighted by Gasteiger charge is 2.33. The Morgan fingerprint density at radius 1 is 1.00 bits per heavy atom. The zero-order valence-corrected chi connectivity index (χ0v) is 20.2. The van der Waals surface area contributed by atoms with Crippen molar-refractivity contribution in [3.8, 4) is 0 Å². The molecule has 2 aliphatic rings. The molecule has 1 atom stereocenters. The Morgan fingerprint density at radius 2 is 1.67 bits per heavy atom. The van der Waals surface area contributed by atoms with Gasteiger partial charge in [0, 0.05) is 44.3 Å². The number of morpholine rings is 1. The number of amides is 1. The van der Waals surface area contributed by atoms with Crippen LogP contribution in [0.3, 0.4) is 0 Å². The van der Waals surface area contributed by atoms with E-state index in [1.54, 1.807) is 12.1 Å². The van der Waals surface area contributed by atoms with E-state index in [1.807, 2.05) is 12.1 Å². The third-order valence-electron chi connectivity index (χ3n) is 6.21. The van der Waals surface area contributed by atoms with Gasteiger partial charge in [-0.3, -0.25) is 9.69 Å². The first-order valence-corrected chi connectivity index (χ1v) is 13.1. The molecule has 1 N–H and O–H groups in total. The van der Waals surface area contributed by atoms with Gasteiger partial charge in [-0.15, -0.1) is 0 Å². The quantitative estimate of drug-likeness (QED) is 0.644. The maximum absolute atomic E-state index is 13.0. The molecule has 0 spiro atoms. The molecule has 2 heterocycles. The number of piperidine rings is 1. The van der Waals surface area contributed by atoms with Crippen molar-refractivity contribution in [3.05, 3.63) is 64.7 Å². The van der Waals surface area contributed by atoms with E-state index >= 15 is 0 Å². The number of rotatable bonds is 7. The molecular formula is C24H30ClN3O4S. The number of carbonyl (C=O) groups excluding carboxylic acids is 1. The summed E-state index contributed by atoms with van der Waals surface area (Å²) in [6, 6.07) is 14.4. The molecule has 0 radical (unpaired) electrons. The Morgan fingerprint density at radius 3 is 2.36 bits per heavy atom. The summed E-state index contributed by atoms with van der Waals surface area (Å²) in [6.45, 7) is 5.39. The summed E-state index contributed by atoms with van der Waals surface area (Å²) >= 11 is 5.88. The Bertz CT molecular complexity index is 1040. The van der Waals surface area contributed by atoms with Gasteiger partial charge in [0.05, 0.1) is 24.0 Å². The van der Waals surface area contributed by atoms with Crippen molar-refractivity contribution in [1.29, 1.82) is 0 Å². The Hall–Kier alpha value is -1.97. The fraction of sp³-hybridized carbons (Fsp3) is 0.458. The number of nitrogens with one attached hydrogen (secondary N) is 1. The lowest BCUT2D eigenvalue weighted by Gasteiger charge is -2.31. The second kappa shape index (κ2) is 11.0. The molecular weight excluding hydrogens is 462 g/mol. The zero-order chi connectivity index (χ0) is 23.3. The average molecular weight is 492 g/mol. The maximum atomic E-state index is 13.0. The number of nitrogens with zero attached hydrogens (tertiary/aromatic N) is 2. The van der Waals surface area contributed by atoms with Crippen molar-refractivity contribution in [2.45, 2.75) is 30.8 Å². The van der Waals surface area contributed by atoms with E-state index in [1.165, 1.54) is 22.0 Å². The van der Waals surface area contributed by atoms with Gasteiger partial charge in [0.15, 0.2) is 0 Å². The summed E-state index contributed by atoms with van der Waals surface area (Å²) < 4.78 is 32.7. The predicted octanol–water partition coefficient (Wildman–Crippen LogP) is 2.89. The molecule has 178 valence electrons. The molecule has 2 aliphatic heterocycles. The molecule has 1 amide bonds. The van der Waals surface area contributed by atoms with Crippen molar-refractivity contribution in [2.75, 3.05) is 39.4 Å². The molecule has 1 unspecified atom stereocenters. The van der Waals surface area contributed by atoms with E-state index in [0.29, 0.717) is 31.0 Å². The smallest absolute Gasteiger partial charge is 0.243 e. The number of hydrogen-bond acceptors (Lipinski definition) is 5. The lowest BCUT2D eigenvalue weighted by atomic mass is 9.98. The van der Waals surface area contributed by atoms with Gasteiger partial charge in [0.2, 0.25) is 15.9 Å². The number of carbonyl (C=O) groups is 1. The first-order chi connectivity index (χ1) is 15.9. The normalized spacial score (nSPS) is 20.5. The third-order valence-corrected chi connectivity index (χ3v) is 8.34. The number of sulfonamides is 1. The van der Waals surface area contributed by atoms with E-state index < -0.39 is 10.0 Å². The second-order valence-corrected chi connectivity index (χ2v) is 11.0. The monoisotopic (exact) mass is 491 g/mol. The second-order valence-electron chi connectivity index (χ2n) is 8.58. The van der Waals surface area contributed by atoms with Crippen molar-refractivity contribution in [3.63, 3.8) is 0 Å². The van der Waals surface area contributed by atoms with Crippen molar-refractivity contribution < 1.29 is 17.9 Å². The standard InChI is InChI=1S/C24H30ClN3O4S/c25-22-7-9-23(10-8-22)33(30,31)28-11-1-2-21(18-28)24(29)26-16-19-3-5-20(6-4-19)17-27-12-14-32-15-13-27/h3-10,21H,1-2,11-18H2,(H,26,29). The molecule has 2 aromatic rings. The lowest BCUT2D eigenvalue weighted by Crippen LogP contribution is -2.45. The van der Waals surface area contributed by atoms with Crippen LogP contribution in [0.4, 0.5) is 0 Å². The highest BCUT2D eigenvalue weighted by atomic mass is 35.5. The van der Waals surface area contributed by atoms with E-state index in [-0.39, 0.29) is 23.3 Å². The SMILES string of the molecule is O=C(NCc1ccc(CN2CCOCC2)cc1)C1CCCN(S(=O)(=O)c2ccc(Cl)cc2)C1.